The molecule has 0 bridgehead atoms. The first kappa shape index (κ1) is 22.2. The highest BCUT2D eigenvalue weighted by molar-refractivity contribution is 14.0. The highest BCUT2D eigenvalue weighted by Crippen LogP contribution is 2.40. The van der Waals surface area contributed by atoms with Crippen molar-refractivity contribution in [2.45, 2.75) is 25.1 Å². The molecule has 0 fully saturated rings. The fourth-order valence-corrected chi connectivity index (χ4v) is 2.31. The average molecular weight is 483 g/mol. The Balaban J connectivity index is 0.00000338. The molecule has 0 spiro atoms. The molecular formula is C16H21F3IN5O. The number of halogens is 4. The Hall–Kier alpha value is -1.82. The number of aliphatic hydroxyl groups is 1. The molecule has 0 aliphatic carbocycles. The first-order valence-corrected chi connectivity index (χ1v) is 7.54. The maximum atomic E-state index is 13.4. The molecule has 2 rings (SSSR count). The van der Waals surface area contributed by atoms with Crippen molar-refractivity contribution >= 4 is 35.6 Å². The molecule has 0 saturated carbocycles. The van der Waals surface area contributed by atoms with Crippen LogP contribution in [0.2, 0.25) is 0 Å². The maximum absolute atomic E-state index is 13.4. The molecule has 1 unspecified atom stereocenters. The zero-order valence-electron chi connectivity index (χ0n) is 14.3. The lowest BCUT2D eigenvalue weighted by Gasteiger charge is -2.29. The van der Waals surface area contributed by atoms with Gasteiger partial charge < -0.3 is 20.7 Å². The number of benzene rings is 1. The van der Waals surface area contributed by atoms with Crippen molar-refractivity contribution in [3.05, 3.63) is 48.0 Å². The number of imidazole rings is 1. The number of guanidine groups is 1. The first-order chi connectivity index (χ1) is 11.6. The molecule has 1 heterocycles. The molecule has 10 heteroatoms. The fourth-order valence-electron chi connectivity index (χ4n) is 2.31. The highest BCUT2D eigenvalue weighted by Gasteiger charge is 2.57. The summed E-state index contributed by atoms with van der Waals surface area (Å²) < 4.78 is 41.2. The third kappa shape index (κ3) is 5.10. The van der Waals surface area contributed by atoms with E-state index in [4.69, 9.17) is 5.73 Å². The van der Waals surface area contributed by atoms with E-state index in [0.717, 1.165) is 10.1 Å². The van der Waals surface area contributed by atoms with Crippen LogP contribution in [0.1, 0.15) is 17.8 Å². The van der Waals surface area contributed by atoms with E-state index in [9.17, 15) is 18.3 Å². The first-order valence-electron chi connectivity index (χ1n) is 7.54. The monoisotopic (exact) mass is 483 g/mol. The van der Waals surface area contributed by atoms with Crippen molar-refractivity contribution in [2.24, 2.45) is 17.8 Å². The summed E-state index contributed by atoms with van der Waals surface area (Å²) in [5.74, 6) is -0.520. The summed E-state index contributed by atoms with van der Waals surface area (Å²) in [6, 6.07) is 7.27. The Bertz CT molecular complexity index is 745. The Morgan fingerprint density at radius 1 is 1.31 bits per heavy atom. The predicted molar refractivity (Wildman–Crippen MR) is 104 cm³/mol. The van der Waals surface area contributed by atoms with Gasteiger partial charge in [-0.25, -0.2) is 4.98 Å². The minimum Gasteiger partial charge on any atom is -0.374 e. The van der Waals surface area contributed by atoms with Crippen LogP contribution in [0.5, 0.6) is 0 Å². The number of alkyl halides is 3. The lowest BCUT2D eigenvalue weighted by molar-refractivity contribution is -0.272. The SMILES string of the molecule is Cc1ccc(NC(N)=NCCC(O)(c2nccn2C)C(F)(F)F)cc1.I. The van der Waals surface area contributed by atoms with Crippen LogP contribution in [0.15, 0.2) is 41.7 Å². The van der Waals surface area contributed by atoms with E-state index in [0.29, 0.717) is 5.69 Å². The third-order valence-corrected chi connectivity index (χ3v) is 3.74. The van der Waals surface area contributed by atoms with Crippen LogP contribution in [-0.4, -0.2) is 33.3 Å². The van der Waals surface area contributed by atoms with Gasteiger partial charge in [-0.05, 0) is 19.1 Å². The predicted octanol–water partition coefficient (Wildman–Crippen LogP) is 2.91. The number of nitrogens with one attached hydrogen (secondary N) is 1. The lowest BCUT2D eigenvalue weighted by Crippen LogP contribution is -2.45. The molecule has 6 nitrogen and oxygen atoms in total. The summed E-state index contributed by atoms with van der Waals surface area (Å²) in [5, 5.41) is 13.0. The van der Waals surface area contributed by atoms with Crippen LogP contribution in [0.25, 0.3) is 0 Å². The zero-order valence-corrected chi connectivity index (χ0v) is 16.6. The number of aromatic nitrogens is 2. The van der Waals surface area contributed by atoms with Crippen molar-refractivity contribution in [2.75, 3.05) is 11.9 Å². The largest absolute Gasteiger partial charge is 0.424 e. The second-order valence-electron chi connectivity index (χ2n) is 5.73. The quantitative estimate of drug-likeness (QED) is 0.347. The molecule has 0 saturated heterocycles. The van der Waals surface area contributed by atoms with Gasteiger partial charge in [0, 0.05) is 38.1 Å². The number of nitrogens with two attached hydrogens (primary N) is 1. The smallest absolute Gasteiger partial charge is 0.374 e. The summed E-state index contributed by atoms with van der Waals surface area (Å²) in [6.07, 6.45) is -3.05. The van der Waals surface area contributed by atoms with E-state index in [1.807, 2.05) is 19.1 Å². The van der Waals surface area contributed by atoms with Gasteiger partial charge >= 0.3 is 6.18 Å². The van der Waals surface area contributed by atoms with Crippen molar-refractivity contribution < 1.29 is 18.3 Å². The molecule has 0 radical (unpaired) electrons. The van der Waals surface area contributed by atoms with E-state index in [-0.39, 0.29) is 36.5 Å². The maximum Gasteiger partial charge on any atom is 0.424 e. The van der Waals surface area contributed by atoms with E-state index in [2.05, 4.69) is 15.3 Å². The number of hydrogen-bond acceptors (Lipinski definition) is 3. The number of aryl methyl sites for hydroxylation is 2. The van der Waals surface area contributed by atoms with Crippen molar-refractivity contribution in [3.63, 3.8) is 0 Å². The molecule has 0 amide bonds. The Morgan fingerprint density at radius 2 is 1.92 bits per heavy atom. The van der Waals surface area contributed by atoms with Crippen molar-refractivity contribution in [3.8, 4) is 0 Å². The van der Waals surface area contributed by atoms with Crippen LogP contribution in [-0.2, 0) is 12.6 Å². The third-order valence-electron chi connectivity index (χ3n) is 3.74. The van der Waals surface area contributed by atoms with Crippen LogP contribution in [0.3, 0.4) is 0 Å². The van der Waals surface area contributed by atoms with Crippen molar-refractivity contribution in [1.82, 2.24) is 9.55 Å². The van der Waals surface area contributed by atoms with Gasteiger partial charge in [-0.15, -0.1) is 24.0 Å². The van der Waals surface area contributed by atoms with Gasteiger partial charge in [-0.3, -0.25) is 4.99 Å². The average Bonchev–Trinajstić information content (AvgIpc) is 2.95. The van der Waals surface area contributed by atoms with Gasteiger partial charge in [0.1, 0.15) is 5.82 Å². The highest BCUT2D eigenvalue weighted by atomic mass is 127. The van der Waals surface area contributed by atoms with Gasteiger partial charge in [0.05, 0.1) is 0 Å². The van der Waals surface area contributed by atoms with Gasteiger partial charge in [-0.2, -0.15) is 13.2 Å². The Labute approximate surface area is 166 Å². The van der Waals surface area contributed by atoms with Crippen LogP contribution in [0.4, 0.5) is 18.9 Å². The Morgan fingerprint density at radius 3 is 2.42 bits per heavy atom. The topological polar surface area (TPSA) is 88.5 Å². The second kappa shape index (κ2) is 8.71. The number of hydrogen-bond donors (Lipinski definition) is 3. The summed E-state index contributed by atoms with van der Waals surface area (Å²) in [4.78, 5) is 7.49. The summed E-state index contributed by atoms with van der Waals surface area (Å²) >= 11 is 0. The van der Waals surface area contributed by atoms with Gasteiger partial charge in [0.15, 0.2) is 5.96 Å². The number of nitrogens with zero attached hydrogens (tertiary/aromatic N) is 3. The van der Waals surface area contributed by atoms with Gasteiger partial charge in [-0.1, -0.05) is 17.7 Å². The van der Waals surface area contributed by atoms with E-state index < -0.39 is 24.0 Å². The molecule has 1 atom stereocenters. The summed E-state index contributed by atoms with van der Waals surface area (Å²) in [7, 11) is 1.38. The molecular weight excluding hydrogens is 462 g/mol. The molecule has 144 valence electrons. The van der Waals surface area contributed by atoms with Crippen LogP contribution >= 0.6 is 24.0 Å². The number of anilines is 1. The van der Waals surface area contributed by atoms with Crippen molar-refractivity contribution in [1.29, 1.82) is 0 Å². The number of rotatable bonds is 5. The molecule has 2 aromatic rings. The molecule has 1 aromatic heterocycles. The van der Waals surface area contributed by atoms with E-state index in [1.165, 1.54) is 19.4 Å². The molecule has 26 heavy (non-hydrogen) atoms. The van der Waals surface area contributed by atoms with E-state index in [1.54, 1.807) is 12.1 Å². The fraction of sp³-hybridized carbons (Fsp3) is 0.375. The van der Waals surface area contributed by atoms with Gasteiger partial charge in [0.2, 0.25) is 5.60 Å². The van der Waals surface area contributed by atoms with Crippen LogP contribution < -0.4 is 11.1 Å². The standard InChI is InChI=1S/C16H20F3N5O.HI/c1-11-3-5-12(6-4-11)23-14(20)22-8-7-15(25,16(17,18)19)13-21-9-10-24(13)2;/h3-6,9-10,25H,7-8H2,1-2H3,(H3,20,22,23);1H. The number of aliphatic imine (C=N–C) groups is 1. The van der Waals surface area contributed by atoms with E-state index >= 15 is 0 Å². The molecule has 0 aliphatic rings. The normalized spacial score (nSPS) is 14.5. The molecule has 1 aromatic carbocycles. The Kier molecular flexibility index (Phi) is 7.45. The van der Waals surface area contributed by atoms with Gasteiger partial charge in [0.25, 0.3) is 0 Å². The zero-order chi connectivity index (χ0) is 18.7. The molecule has 0 aliphatic heterocycles. The summed E-state index contributed by atoms with van der Waals surface area (Å²) in [6.45, 7) is 1.60. The minimum absolute atomic E-state index is 0. The minimum atomic E-state index is -4.89. The summed E-state index contributed by atoms with van der Waals surface area (Å²) in [5.41, 5.74) is 4.32. The lowest BCUT2D eigenvalue weighted by atomic mass is 9.98. The second-order valence-corrected chi connectivity index (χ2v) is 5.73. The molecule has 4 N–H and O–H groups in total. The van der Waals surface area contributed by atoms with Crippen LogP contribution in [0, 0.1) is 6.92 Å².